The van der Waals surface area contributed by atoms with E-state index in [9.17, 15) is 0 Å². The van der Waals surface area contributed by atoms with E-state index in [-0.39, 0.29) is 0 Å². The molecule has 23 rings (SSSR count). The Bertz CT molecular complexity index is 7080. The maximum absolute atomic E-state index is 6.34. The summed E-state index contributed by atoms with van der Waals surface area (Å²) in [6.45, 7) is 0. The SMILES string of the molecule is Clc1ccc2c(c1)Oc1ccccc1O2.Ic1ccc2c(c1)c1ccccc1n2-c1ccccc1.Nc1ccc(-c2ccccc2)cc1.c1ccc(-c2ccc(Cc3ccc4c(c3)Oc3ccccc3O4)cc2)cc1.c1ccc(-c2ccc(N(c3ccc4c(c3)Oc3ccccc3O4)c3ccc4c(c3)c3ccccc3n4-c3ccccc3)cc2)cc1. The topological polar surface area (TPSA) is 94.5 Å². The van der Waals surface area contributed by atoms with Crippen molar-refractivity contribution in [3.63, 3.8) is 0 Å². The van der Waals surface area contributed by atoms with E-state index in [4.69, 9.17) is 45.8 Å². The summed E-state index contributed by atoms with van der Waals surface area (Å²) >= 11 is 8.24. The fraction of sp³-hybridized carbons (Fsp3) is 0.00917. The molecule has 0 spiro atoms. The number of hydrogen-bond donors (Lipinski definition) is 1. The first-order chi connectivity index (χ1) is 59.7. The molecular weight excluding hydrogens is 1620 g/mol. The molecule has 0 saturated heterocycles. The zero-order valence-corrected chi connectivity index (χ0v) is 68.3. The predicted molar refractivity (Wildman–Crippen MR) is 503 cm³/mol. The first kappa shape index (κ1) is 76.0. The highest BCUT2D eigenvalue weighted by Crippen LogP contribution is 2.51. The van der Waals surface area contributed by atoms with Gasteiger partial charge in [0.05, 0.1) is 27.8 Å². The molecule has 0 bridgehead atoms. The van der Waals surface area contributed by atoms with Crippen LogP contribution in [0.5, 0.6) is 69.0 Å². The van der Waals surface area contributed by atoms with Crippen molar-refractivity contribution in [2.75, 3.05) is 10.6 Å². The smallest absolute Gasteiger partial charge is 0.172 e. The van der Waals surface area contributed by atoms with Gasteiger partial charge in [0.15, 0.2) is 69.0 Å². The van der Waals surface area contributed by atoms with Gasteiger partial charge in [0.25, 0.3) is 0 Å². The molecular formula is C109H76ClIN4O6. The molecule has 0 amide bonds. The number of nitrogen functional groups attached to an aromatic ring is 1. The van der Waals surface area contributed by atoms with Gasteiger partial charge in [0.2, 0.25) is 0 Å². The van der Waals surface area contributed by atoms with Gasteiger partial charge in [-0.05, 0) is 243 Å². The van der Waals surface area contributed by atoms with Gasteiger partial charge in [0, 0.05) is 70.7 Å². The Morgan fingerprint density at radius 2 is 0.554 bits per heavy atom. The highest BCUT2D eigenvalue weighted by molar-refractivity contribution is 14.1. The van der Waals surface area contributed by atoms with Crippen molar-refractivity contribution in [1.82, 2.24) is 9.13 Å². The van der Waals surface area contributed by atoms with Crippen LogP contribution in [-0.2, 0) is 6.42 Å². The van der Waals surface area contributed by atoms with Crippen molar-refractivity contribution in [3.8, 4) is 114 Å². The number of nitrogens with zero attached hydrogens (tertiary/aromatic N) is 3. The van der Waals surface area contributed by atoms with Crippen LogP contribution in [0.1, 0.15) is 11.1 Å². The molecule has 0 aliphatic carbocycles. The second kappa shape index (κ2) is 34.7. The summed E-state index contributed by atoms with van der Waals surface area (Å²) in [6, 6.07) is 149. The van der Waals surface area contributed by atoms with Gasteiger partial charge in [-0.3, -0.25) is 0 Å². The van der Waals surface area contributed by atoms with Crippen LogP contribution < -0.4 is 39.1 Å². The van der Waals surface area contributed by atoms with Gasteiger partial charge in [-0.1, -0.05) is 266 Å². The Hall–Kier alpha value is -15.0. The van der Waals surface area contributed by atoms with E-state index < -0.39 is 0 Å². The summed E-state index contributed by atoms with van der Waals surface area (Å²) < 4.78 is 41.7. The molecule has 3 aliphatic heterocycles. The Morgan fingerprint density at radius 3 is 1.03 bits per heavy atom. The summed E-state index contributed by atoms with van der Waals surface area (Å²) in [7, 11) is 0. The average molecular weight is 1700 g/mol. The average Bonchev–Trinajstić information content (AvgIpc) is 1.60. The Labute approximate surface area is 720 Å². The van der Waals surface area contributed by atoms with Crippen molar-refractivity contribution >= 4 is 101 Å². The lowest BCUT2D eigenvalue weighted by molar-refractivity contribution is 0.359. The fourth-order valence-electron chi connectivity index (χ4n) is 15.5. The Morgan fingerprint density at radius 1 is 0.240 bits per heavy atom. The van der Waals surface area contributed by atoms with E-state index >= 15 is 0 Å². The first-order valence-electron chi connectivity index (χ1n) is 39.9. The third-order valence-corrected chi connectivity index (χ3v) is 22.2. The molecule has 18 aromatic carbocycles. The molecule has 0 saturated carbocycles. The van der Waals surface area contributed by atoms with Crippen LogP contribution in [0.25, 0.3) is 88.4 Å². The molecule has 0 unspecified atom stereocenters. The number of ether oxygens (including phenoxy) is 6. The number of aromatic nitrogens is 2. The van der Waals surface area contributed by atoms with Crippen molar-refractivity contribution in [1.29, 1.82) is 0 Å². The van der Waals surface area contributed by atoms with Gasteiger partial charge in [-0.25, -0.2) is 0 Å². The standard InChI is InChI=1S/C42H28N2O2.C25H18O2.C18H12IN.C12H7ClO2.C12H11N/c1-3-11-29(12-4-1)30-19-21-32(22-20-30)43(34-24-26-41-42(28-34)46-40-18-10-9-17-39(40)45-41)33-23-25-38-36(27-33)35-15-7-8-16-37(35)44(38)31-13-5-2-6-14-31;1-2-6-20(7-3-1)21-13-10-18(11-14-21)16-19-12-15-24-25(17-19)27-23-9-5-4-8-22(23)26-24;19-13-10-11-18-16(12-13)15-8-4-5-9-17(15)20(18)14-6-2-1-3-7-14;13-8-5-6-11-12(7-8)15-10-4-2-1-3-9(10)14-11;13-12-8-6-11(7-9-12)10-4-2-1-3-5-10/h1-28H;1-15,17H,16H2;1-12H;1-7H;1-9H,13H2. The van der Waals surface area contributed by atoms with Gasteiger partial charge in [-0.2, -0.15) is 0 Å². The lowest BCUT2D eigenvalue weighted by Gasteiger charge is -2.28. The van der Waals surface area contributed by atoms with Crippen molar-refractivity contribution < 1.29 is 28.4 Å². The molecule has 2 N–H and O–H groups in total. The molecule has 2 aromatic heterocycles. The second-order valence-electron chi connectivity index (χ2n) is 29.2. The molecule has 582 valence electrons. The van der Waals surface area contributed by atoms with Crippen molar-refractivity contribution in [2.45, 2.75) is 6.42 Å². The summed E-state index contributed by atoms with van der Waals surface area (Å²) in [5, 5.41) is 5.66. The zero-order chi connectivity index (χ0) is 81.4. The highest BCUT2D eigenvalue weighted by Gasteiger charge is 2.25. The van der Waals surface area contributed by atoms with Gasteiger partial charge >= 0.3 is 0 Å². The number of rotatable bonds is 10. The van der Waals surface area contributed by atoms with Gasteiger partial charge < -0.3 is 48.2 Å². The monoisotopic (exact) mass is 1700 g/mol. The number of anilines is 4. The number of hydrogen-bond acceptors (Lipinski definition) is 8. The minimum atomic E-state index is 0.636. The Kier molecular flexibility index (Phi) is 21.8. The number of para-hydroxylation sites is 10. The largest absolute Gasteiger partial charge is 0.450 e. The van der Waals surface area contributed by atoms with Crippen LogP contribution in [0.2, 0.25) is 5.02 Å². The van der Waals surface area contributed by atoms with E-state index in [0.717, 1.165) is 74.9 Å². The molecule has 121 heavy (non-hydrogen) atoms. The van der Waals surface area contributed by atoms with Crippen LogP contribution in [0.15, 0.2) is 437 Å². The van der Waals surface area contributed by atoms with Crippen LogP contribution in [-0.4, -0.2) is 9.13 Å². The minimum Gasteiger partial charge on any atom is -0.450 e. The predicted octanol–water partition coefficient (Wildman–Crippen LogP) is 31.2. The second-order valence-corrected chi connectivity index (χ2v) is 30.9. The molecule has 3 aliphatic rings. The lowest BCUT2D eigenvalue weighted by Crippen LogP contribution is -2.10. The molecule has 0 radical (unpaired) electrons. The van der Waals surface area contributed by atoms with Crippen LogP contribution in [0.3, 0.4) is 0 Å². The lowest BCUT2D eigenvalue weighted by atomic mass is 10.00. The van der Waals surface area contributed by atoms with Crippen molar-refractivity contribution in [3.05, 3.63) is 456 Å². The number of halogens is 2. The van der Waals surface area contributed by atoms with E-state index in [1.807, 2.05) is 140 Å². The maximum Gasteiger partial charge on any atom is 0.172 e. The van der Waals surface area contributed by atoms with E-state index in [2.05, 4.69) is 316 Å². The highest BCUT2D eigenvalue weighted by atomic mass is 127. The summed E-state index contributed by atoms with van der Waals surface area (Å²) in [4.78, 5) is 2.28. The zero-order valence-electron chi connectivity index (χ0n) is 65.4. The van der Waals surface area contributed by atoms with Crippen LogP contribution in [0, 0.1) is 3.57 Å². The first-order valence-corrected chi connectivity index (χ1v) is 41.4. The molecule has 5 heterocycles. The quantitative estimate of drug-likeness (QED) is 0.107. The molecule has 20 aromatic rings. The van der Waals surface area contributed by atoms with Gasteiger partial charge in [0.1, 0.15) is 0 Å². The Balaban J connectivity index is 0.000000109. The fourth-order valence-corrected chi connectivity index (χ4v) is 16.1. The molecule has 10 nitrogen and oxygen atoms in total. The third kappa shape index (κ3) is 16.6. The minimum absolute atomic E-state index is 0.636. The van der Waals surface area contributed by atoms with E-state index in [0.29, 0.717) is 39.5 Å². The molecule has 12 heteroatoms. The third-order valence-electron chi connectivity index (χ3n) is 21.3. The number of fused-ring (bicyclic) bond motifs is 12. The molecule has 0 atom stereocenters. The summed E-state index contributed by atoms with van der Waals surface area (Å²) in [5.41, 5.74) is 26.4. The van der Waals surface area contributed by atoms with E-state index in [1.54, 1.807) is 18.2 Å². The summed E-state index contributed by atoms with van der Waals surface area (Å²) in [6.07, 6.45) is 0.855. The normalized spacial score (nSPS) is 11.5. The van der Waals surface area contributed by atoms with Crippen LogP contribution >= 0.6 is 34.2 Å². The van der Waals surface area contributed by atoms with E-state index in [1.165, 1.54) is 91.9 Å². The number of nitrogens with two attached hydrogens (primary N) is 1. The van der Waals surface area contributed by atoms with Crippen molar-refractivity contribution in [2.24, 2.45) is 0 Å². The van der Waals surface area contributed by atoms with Crippen LogP contribution in [0.4, 0.5) is 22.7 Å². The van der Waals surface area contributed by atoms with Gasteiger partial charge in [-0.15, -0.1) is 0 Å². The molecule has 0 fully saturated rings. The maximum atomic E-state index is 6.34. The number of benzene rings is 18. The summed E-state index contributed by atoms with van der Waals surface area (Å²) in [5.74, 6) is 8.65.